The van der Waals surface area contributed by atoms with Gasteiger partial charge in [-0.1, -0.05) is 51.3 Å². The fourth-order valence-electron chi connectivity index (χ4n) is 1.74. The number of hydrogen-bond donors (Lipinski definition) is 1. The first kappa shape index (κ1) is 16.4. The van der Waals surface area contributed by atoms with Gasteiger partial charge in [0.05, 0.1) is 6.61 Å². The van der Waals surface area contributed by atoms with Crippen molar-refractivity contribution in [3.63, 3.8) is 0 Å². The standard InChI is InChI=1S/C15H25O3P/c1-13(2)9-5-4-8-12-17-19(16)18-15-11-7-6-10-14(15)3/h6-7,10-11,13,16H,4-5,8-9,12H2,1-3H3. The molecule has 1 rings (SSSR count). The Morgan fingerprint density at radius 1 is 1.16 bits per heavy atom. The van der Waals surface area contributed by atoms with Crippen molar-refractivity contribution in [3.05, 3.63) is 29.8 Å². The lowest BCUT2D eigenvalue weighted by molar-refractivity contribution is 0.252. The Kier molecular flexibility index (Phi) is 8.04. The minimum absolute atomic E-state index is 0.562. The molecular weight excluding hydrogens is 259 g/mol. The minimum Gasteiger partial charge on any atom is -0.427 e. The summed E-state index contributed by atoms with van der Waals surface area (Å²) in [5, 5.41) is 0. The quantitative estimate of drug-likeness (QED) is 0.521. The van der Waals surface area contributed by atoms with Gasteiger partial charge in [-0.2, -0.15) is 0 Å². The van der Waals surface area contributed by atoms with Crippen LogP contribution in [-0.4, -0.2) is 11.5 Å². The van der Waals surface area contributed by atoms with E-state index in [1.165, 1.54) is 12.8 Å². The molecular formula is C15H25O3P. The van der Waals surface area contributed by atoms with Crippen LogP contribution < -0.4 is 4.52 Å². The van der Waals surface area contributed by atoms with Gasteiger partial charge in [0, 0.05) is 0 Å². The van der Waals surface area contributed by atoms with Crippen molar-refractivity contribution in [1.82, 2.24) is 0 Å². The molecule has 0 saturated heterocycles. The molecule has 0 aliphatic carbocycles. The van der Waals surface area contributed by atoms with Crippen LogP contribution in [0.3, 0.4) is 0 Å². The molecule has 0 spiro atoms. The molecule has 1 aromatic rings. The minimum atomic E-state index is -1.81. The van der Waals surface area contributed by atoms with Gasteiger partial charge in [0.25, 0.3) is 0 Å². The molecule has 19 heavy (non-hydrogen) atoms. The molecule has 108 valence electrons. The first-order valence-corrected chi connectivity index (χ1v) is 8.08. The Labute approximate surface area is 117 Å². The fourth-order valence-corrected chi connectivity index (χ4v) is 2.45. The number of hydrogen-bond acceptors (Lipinski definition) is 3. The fraction of sp³-hybridized carbons (Fsp3) is 0.600. The zero-order valence-corrected chi connectivity index (χ0v) is 13.0. The lowest BCUT2D eigenvalue weighted by Crippen LogP contribution is -1.96. The average molecular weight is 284 g/mol. The number of aryl methyl sites for hydroxylation is 1. The molecule has 0 aromatic heterocycles. The summed E-state index contributed by atoms with van der Waals surface area (Å²) in [5.41, 5.74) is 1.00. The molecule has 3 nitrogen and oxygen atoms in total. The lowest BCUT2D eigenvalue weighted by atomic mass is 10.1. The van der Waals surface area contributed by atoms with E-state index in [2.05, 4.69) is 13.8 Å². The molecule has 0 aliphatic heterocycles. The van der Waals surface area contributed by atoms with Gasteiger partial charge in [0.2, 0.25) is 0 Å². The highest BCUT2D eigenvalue weighted by Crippen LogP contribution is 2.36. The third-order valence-corrected chi connectivity index (χ3v) is 3.65. The van der Waals surface area contributed by atoms with Crippen molar-refractivity contribution < 1.29 is 13.9 Å². The molecule has 1 atom stereocenters. The van der Waals surface area contributed by atoms with Crippen molar-refractivity contribution in [2.24, 2.45) is 5.92 Å². The summed E-state index contributed by atoms with van der Waals surface area (Å²) in [6, 6.07) is 7.62. The van der Waals surface area contributed by atoms with Crippen LogP contribution in [0.2, 0.25) is 0 Å². The van der Waals surface area contributed by atoms with E-state index >= 15 is 0 Å². The van der Waals surface area contributed by atoms with E-state index in [4.69, 9.17) is 9.05 Å². The Morgan fingerprint density at radius 2 is 1.89 bits per heavy atom. The van der Waals surface area contributed by atoms with Crippen molar-refractivity contribution in [1.29, 1.82) is 0 Å². The number of benzene rings is 1. The summed E-state index contributed by atoms with van der Waals surface area (Å²) in [6.07, 6.45) is 4.60. The maximum Gasteiger partial charge on any atom is 0.394 e. The van der Waals surface area contributed by atoms with Gasteiger partial charge in [-0.05, 0) is 30.9 Å². The molecule has 1 N–H and O–H groups in total. The summed E-state index contributed by atoms with van der Waals surface area (Å²) >= 11 is 0. The van der Waals surface area contributed by atoms with Gasteiger partial charge in [0.15, 0.2) is 0 Å². The second-order valence-corrected chi connectivity index (χ2v) is 6.09. The van der Waals surface area contributed by atoms with Gasteiger partial charge in [-0.15, -0.1) is 0 Å². The van der Waals surface area contributed by atoms with Crippen LogP contribution >= 0.6 is 8.60 Å². The average Bonchev–Trinajstić information content (AvgIpc) is 2.36. The third-order valence-electron chi connectivity index (χ3n) is 2.90. The molecule has 1 aromatic carbocycles. The SMILES string of the molecule is Cc1ccccc1OP(O)OCCCCCC(C)C. The lowest BCUT2D eigenvalue weighted by Gasteiger charge is -2.13. The summed E-state index contributed by atoms with van der Waals surface area (Å²) < 4.78 is 10.7. The Balaban J connectivity index is 2.11. The number of unbranched alkanes of at least 4 members (excludes halogenated alkanes) is 2. The van der Waals surface area contributed by atoms with Crippen LogP contribution in [-0.2, 0) is 4.52 Å². The summed E-state index contributed by atoms with van der Waals surface area (Å²) in [7, 11) is -1.81. The predicted molar refractivity (Wildman–Crippen MR) is 80.2 cm³/mol. The first-order chi connectivity index (χ1) is 9.09. The van der Waals surface area contributed by atoms with E-state index in [1.807, 2.05) is 31.2 Å². The second-order valence-electron chi connectivity index (χ2n) is 5.17. The van der Waals surface area contributed by atoms with E-state index < -0.39 is 8.60 Å². The van der Waals surface area contributed by atoms with Crippen molar-refractivity contribution >= 4 is 8.60 Å². The largest absolute Gasteiger partial charge is 0.427 e. The normalized spacial score (nSPS) is 12.7. The molecule has 0 heterocycles. The van der Waals surface area contributed by atoms with Crippen LogP contribution in [0.1, 0.15) is 45.1 Å². The summed E-state index contributed by atoms with van der Waals surface area (Å²) in [5.74, 6) is 1.45. The zero-order valence-electron chi connectivity index (χ0n) is 12.1. The Morgan fingerprint density at radius 3 is 2.58 bits per heavy atom. The maximum absolute atomic E-state index is 9.69. The highest BCUT2D eigenvalue weighted by atomic mass is 31.2. The van der Waals surface area contributed by atoms with E-state index in [1.54, 1.807) is 0 Å². The summed E-state index contributed by atoms with van der Waals surface area (Å²) in [6.45, 7) is 6.98. The van der Waals surface area contributed by atoms with E-state index in [0.29, 0.717) is 12.4 Å². The maximum atomic E-state index is 9.69. The molecule has 4 heteroatoms. The van der Waals surface area contributed by atoms with Crippen LogP contribution in [0, 0.1) is 12.8 Å². The highest BCUT2D eigenvalue weighted by molar-refractivity contribution is 7.41. The zero-order chi connectivity index (χ0) is 14.1. The van der Waals surface area contributed by atoms with Crippen LogP contribution in [0.5, 0.6) is 5.75 Å². The smallest absolute Gasteiger partial charge is 0.394 e. The monoisotopic (exact) mass is 284 g/mol. The first-order valence-electron chi connectivity index (χ1n) is 6.95. The van der Waals surface area contributed by atoms with Crippen molar-refractivity contribution in [2.75, 3.05) is 6.61 Å². The van der Waals surface area contributed by atoms with Crippen LogP contribution in [0.4, 0.5) is 0 Å². The van der Waals surface area contributed by atoms with Gasteiger partial charge in [-0.25, -0.2) is 0 Å². The molecule has 0 aliphatic rings. The second kappa shape index (κ2) is 9.30. The number of para-hydroxylation sites is 1. The topological polar surface area (TPSA) is 38.7 Å². The molecule has 0 bridgehead atoms. The van der Waals surface area contributed by atoms with Crippen molar-refractivity contribution in [2.45, 2.75) is 46.5 Å². The van der Waals surface area contributed by atoms with Gasteiger partial charge in [0.1, 0.15) is 5.75 Å². The van der Waals surface area contributed by atoms with Gasteiger partial charge < -0.3 is 13.9 Å². The molecule has 1 unspecified atom stereocenters. The van der Waals surface area contributed by atoms with Crippen LogP contribution in [0.25, 0.3) is 0 Å². The van der Waals surface area contributed by atoms with E-state index in [0.717, 1.165) is 24.3 Å². The summed E-state index contributed by atoms with van der Waals surface area (Å²) in [4.78, 5) is 9.69. The van der Waals surface area contributed by atoms with Gasteiger partial charge >= 0.3 is 8.60 Å². The van der Waals surface area contributed by atoms with E-state index in [-0.39, 0.29) is 0 Å². The van der Waals surface area contributed by atoms with E-state index in [9.17, 15) is 4.89 Å². The third kappa shape index (κ3) is 7.51. The Bertz CT molecular complexity index is 355. The highest BCUT2D eigenvalue weighted by Gasteiger charge is 2.10. The number of rotatable bonds is 9. The molecule has 0 fully saturated rings. The predicted octanol–water partition coefficient (Wildman–Crippen LogP) is 4.83. The molecule has 0 saturated carbocycles. The van der Waals surface area contributed by atoms with Crippen LogP contribution in [0.15, 0.2) is 24.3 Å². The Hall–Kier alpha value is -0.630. The van der Waals surface area contributed by atoms with Crippen molar-refractivity contribution in [3.8, 4) is 5.75 Å². The van der Waals surface area contributed by atoms with Gasteiger partial charge in [-0.3, -0.25) is 0 Å². The molecule has 0 amide bonds. The molecule has 0 radical (unpaired) electrons.